The van der Waals surface area contributed by atoms with Gasteiger partial charge in [-0.05, 0) is 22.6 Å². The molecule has 1 aliphatic heterocycles. The molecule has 0 aliphatic carbocycles. The molecule has 1 aliphatic rings. The summed E-state index contributed by atoms with van der Waals surface area (Å²) in [5, 5.41) is 14.2. The topological polar surface area (TPSA) is 80.4 Å². The minimum absolute atomic E-state index is 0. The summed E-state index contributed by atoms with van der Waals surface area (Å²) in [6, 6.07) is 10.6. The Morgan fingerprint density at radius 3 is 2.70 bits per heavy atom. The van der Waals surface area contributed by atoms with E-state index < -0.39 is 4.92 Å². The fourth-order valence-corrected chi connectivity index (χ4v) is 2.71. The summed E-state index contributed by atoms with van der Waals surface area (Å²) in [5.74, 6) is -0.323. The van der Waals surface area contributed by atoms with Gasteiger partial charge in [0.15, 0.2) is 5.69 Å². The van der Waals surface area contributed by atoms with Crippen LogP contribution in [0, 0.1) is 10.1 Å². The lowest BCUT2D eigenvalue weighted by molar-refractivity contribution is -0.391. The van der Waals surface area contributed by atoms with E-state index in [1.165, 1.54) is 23.7 Å². The zero-order valence-corrected chi connectivity index (χ0v) is 13.4. The molecule has 0 spiro atoms. The third kappa shape index (κ3) is 3.06. The molecule has 0 atom stereocenters. The average Bonchev–Trinajstić information content (AvgIpc) is 2.77. The number of aromatic nitrogens is 1. The van der Waals surface area contributed by atoms with Gasteiger partial charge in [-0.2, -0.15) is 0 Å². The maximum Gasteiger partial charge on any atom is 0.323 e. The number of para-hydroxylation sites is 1. The molecule has 0 bridgehead atoms. The number of anilines is 1. The molecule has 2 aromatic rings. The second kappa shape index (κ2) is 6.80. The third-order valence-electron chi connectivity index (χ3n) is 3.86. The normalized spacial score (nSPS) is 13.7. The third-order valence-corrected chi connectivity index (χ3v) is 3.86. The van der Waals surface area contributed by atoms with E-state index >= 15 is 0 Å². The van der Waals surface area contributed by atoms with Crippen LogP contribution in [0.5, 0.6) is 0 Å². The summed E-state index contributed by atoms with van der Waals surface area (Å²) in [4.78, 5) is 24.9. The van der Waals surface area contributed by atoms with Crippen LogP contribution in [0.25, 0.3) is 0 Å². The zero-order chi connectivity index (χ0) is 15.7. The van der Waals surface area contributed by atoms with Crippen LogP contribution in [0.3, 0.4) is 0 Å². The Labute approximate surface area is 139 Å². The molecule has 1 N–H and O–H groups in total. The summed E-state index contributed by atoms with van der Waals surface area (Å²) in [6.45, 7) is 1.90. The van der Waals surface area contributed by atoms with Crippen molar-refractivity contribution in [2.45, 2.75) is 6.54 Å². The first-order chi connectivity index (χ1) is 10.6. The van der Waals surface area contributed by atoms with Gasteiger partial charge in [0, 0.05) is 31.4 Å². The number of nitrogens with zero attached hydrogens (tertiary/aromatic N) is 3. The van der Waals surface area contributed by atoms with Crippen LogP contribution in [0.1, 0.15) is 16.1 Å². The van der Waals surface area contributed by atoms with E-state index in [1.54, 1.807) is 4.90 Å². The standard InChI is InChI=1S/C15H16N4O3.ClH/c1-17-13(6-7-14(17)19(21)22)15(20)18-9-8-16-10-11-4-2-3-5-12(11)18;/h2-7,16H,8-10H2,1H3;1H. The van der Waals surface area contributed by atoms with E-state index in [0.29, 0.717) is 25.3 Å². The lowest BCUT2D eigenvalue weighted by Crippen LogP contribution is -2.35. The number of halogens is 1. The quantitative estimate of drug-likeness (QED) is 0.672. The van der Waals surface area contributed by atoms with Crippen LogP contribution in [0.2, 0.25) is 0 Å². The van der Waals surface area contributed by atoms with Gasteiger partial charge in [-0.3, -0.25) is 4.79 Å². The summed E-state index contributed by atoms with van der Waals surface area (Å²) >= 11 is 0. The Bertz CT molecular complexity index is 744. The smallest absolute Gasteiger partial charge is 0.323 e. The highest BCUT2D eigenvalue weighted by Gasteiger charge is 2.28. The molecule has 0 unspecified atom stereocenters. The molecule has 0 saturated heterocycles. The first-order valence-electron chi connectivity index (χ1n) is 7.00. The van der Waals surface area contributed by atoms with Crippen molar-refractivity contribution < 1.29 is 9.72 Å². The summed E-state index contributed by atoms with van der Waals surface area (Å²) in [7, 11) is 1.54. The molecule has 0 saturated carbocycles. The van der Waals surface area contributed by atoms with Gasteiger partial charge in [0.1, 0.15) is 0 Å². The molecule has 1 aromatic carbocycles. The second-order valence-electron chi connectivity index (χ2n) is 5.16. The molecule has 1 amide bonds. The molecule has 2 heterocycles. The Morgan fingerprint density at radius 2 is 2.00 bits per heavy atom. The molecule has 0 fully saturated rings. The number of carbonyl (C=O) groups is 1. The number of hydrogen-bond acceptors (Lipinski definition) is 4. The van der Waals surface area contributed by atoms with Crippen molar-refractivity contribution in [2.24, 2.45) is 7.05 Å². The minimum Gasteiger partial charge on any atom is -0.358 e. The highest BCUT2D eigenvalue weighted by Crippen LogP contribution is 2.25. The van der Waals surface area contributed by atoms with Gasteiger partial charge < -0.3 is 20.3 Å². The Kier molecular flexibility index (Phi) is 5.02. The molecule has 8 heteroatoms. The van der Waals surface area contributed by atoms with E-state index in [0.717, 1.165) is 11.3 Å². The number of fused-ring (bicyclic) bond motifs is 1. The summed E-state index contributed by atoms with van der Waals surface area (Å²) in [5.41, 5.74) is 2.20. The summed E-state index contributed by atoms with van der Waals surface area (Å²) in [6.07, 6.45) is 0. The van der Waals surface area contributed by atoms with Crippen LogP contribution in [0.15, 0.2) is 36.4 Å². The number of nitrogens with one attached hydrogen (secondary N) is 1. The Morgan fingerprint density at radius 1 is 1.26 bits per heavy atom. The predicted molar refractivity (Wildman–Crippen MR) is 89.1 cm³/mol. The second-order valence-corrected chi connectivity index (χ2v) is 5.16. The van der Waals surface area contributed by atoms with Gasteiger partial charge in [-0.25, -0.2) is 4.57 Å². The van der Waals surface area contributed by atoms with Gasteiger partial charge in [-0.15, -0.1) is 12.4 Å². The Hall–Kier alpha value is -2.38. The SMILES string of the molecule is Cl.Cn1c(C(=O)N2CCNCc3ccccc32)ccc1[N+](=O)[O-]. The van der Waals surface area contributed by atoms with Gasteiger partial charge in [0.25, 0.3) is 5.91 Å². The van der Waals surface area contributed by atoms with Crippen LogP contribution in [0.4, 0.5) is 11.5 Å². The number of hydrogen-bond donors (Lipinski definition) is 1. The van der Waals surface area contributed by atoms with Crippen molar-refractivity contribution in [1.29, 1.82) is 0 Å². The van der Waals surface area contributed by atoms with Crippen molar-refractivity contribution in [3.63, 3.8) is 0 Å². The lowest BCUT2D eigenvalue weighted by Gasteiger charge is -2.21. The lowest BCUT2D eigenvalue weighted by atomic mass is 10.1. The molecular formula is C15H17ClN4O3. The molecule has 3 rings (SSSR count). The number of carbonyl (C=O) groups excluding carboxylic acids is 1. The molecule has 7 nitrogen and oxygen atoms in total. The van der Waals surface area contributed by atoms with Crippen LogP contribution < -0.4 is 10.2 Å². The van der Waals surface area contributed by atoms with E-state index in [2.05, 4.69) is 5.32 Å². The van der Waals surface area contributed by atoms with Gasteiger partial charge in [-0.1, -0.05) is 18.2 Å². The molecule has 0 radical (unpaired) electrons. The minimum atomic E-state index is -0.491. The van der Waals surface area contributed by atoms with Crippen LogP contribution in [-0.2, 0) is 13.6 Å². The average molecular weight is 337 g/mol. The molecular weight excluding hydrogens is 320 g/mol. The molecule has 122 valence electrons. The Balaban J connectivity index is 0.00000192. The largest absolute Gasteiger partial charge is 0.358 e. The van der Waals surface area contributed by atoms with Crippen LogP contribution >= 0.6 is 12.4 Å². The van der Waals surface area contributed by atoms with Crippen molar-refractivity contribution >= 4 is 29.8 Å². The predicted octanol–water partition coefficient (Wildman–Crippen LogP) is 2.11. The van der Waals surface area contributed by atoms with Crippen LogP contribution in [-0.4, -0.2) is 28.5 Å². The van der Waals surface area contributed by atoms with E-state index in [9.17, 15) is 14.9 Å². The first kappa shape index (κ1) is 17.0. The number of benzene rings is 1. The van der Waals surface area contributed by atoms with Gasteiger partial charge in [0.2, 0.25) is 0 Å². The first-order valence-corrected chi connectivity index (χ1v) is 7.00. The zero-order valence-electron chi connectivity index (χ0n) is 12.6. The van der Waals surface area contributed by atoms with Gasteiger partial charge in [0.05, 0.1) is 7.05 Å². The van der Waals surface area contributed by atoms with Crippen molar-refractivity contribution in [1.82, 2.24) is 9.88 Å². The van der Waals surface area contributed by atoms with E-state index in [-0.39, 0.29) is 24.1 Å². The maximum atomic E-state index is 12.8. The molecule has 23 heavy (non-hydrogen) atoms. The highest BCUT2D eigenvalue weighted by atomic mass is 35.5. The fraction of sp³-hybridized carbons (Fsp3) is 0.267. The van der Waals surface area contributed by atoms with Gasteiger partial charge >= 0.3 is 5.82 Å². The molecule has 1 aromatic heterocycles. The maximum absolute atomic E-state index is 12.8. The number of amides is 1. The number of nitro groups is 1. The monoisotopic (exact) mass is 336 g/mol. The van der Waals surface area contributed by atoms with E-state index in [1.807, 2.05) is 24.3 Å². The van der Waals surface area contributed by atoms with Crippen molar-refractivity contribution in [3.05, 3.63) is 57.8 Å². The number of rotatable bonds is 2. The fourth-order valence-electron chi connectivity index (χ4n) is 2.71. The highest BCUT2D eigenvalue weighted by molar-refractivity contribution is 6.06. The van der Waals surface area contributed by atoms with Crippen molar-refractivity contribution in [2.75, 3.05) is 18.0 Å². The van der Waals surface area contributed by atoms with Crippen molar-refractivity contribution in [3.8, 4) is 0 Å². The summed E-state index contributed by atoms with van der Waals surface area (Å²) < 4.78 is 1.32. The van der Waals surface area contributed by atoms with E-state index in [4.69, 9.17) is 0 Å².